The van der Waals surface area contributed by atoms with Crippen LogP contribution >= 0.6 is 0 Å². The Morgan fingerprint density at radius 2 is 1.95 bits per heavy atom. The van der Waals surface area contributed by atoms with E-state index in [0.29, 0.717) is 22.6 Å². The molecule has 0 spiro atoms. The molecule has 0 fully saturated rings. The predicted molar refractivity (Wildman–Crippen MR) is 76.4 cm³/mol. The fraction of sp³-hybridized carbons (Fsp3) is 0. The van der Waals surface area contributed by atoms with E-state index < -0.39 is 5.97 Å². The standard InChI is InChI=1S/C12H7NO3.C3H4O2/c14-7-1-3-9-11(5-7)16-12-6-8(15)2-4-10(12)13-9;1-2-3(4)5/h1-6,14H;2H,1H2,(H,4,5). The minimum Gasteiger partial charge on any atom is -0.508 e. The molecule has 0 aromatic heterocycles. The van der Waals surface area contributed by atoms with E-state index in [0.717, 1.165) is 6.08 Å². The van der Waals surface area contributed by atoms with Crippen molar-refractivity contribution < 1.29 is 19.4 Å². The lowest BCUT2D eigenvalue weighted by Crippen LogP contribution is -1.99. The highest BCUT2D eigenvalue weighted by molar-refractivity contribution is 5.79. The third-order valence-corrected chi connectivity index (χ3v) is 2.51. The molecule has 2 N–H and O–H groups in total. The number of carbonyl (C=O) groups is 1. The number of benzene rings is 2. The SMILES string of the molecule is C=CC(=O)O.O=c1ccc2nc3ccc(O)cc3oc-2c1. The normalized spacial score (nSPS) is 9.90. The maximum Gasteiger partial charge on any atom is 0.327 e. The van der Waals surface area contributed by atoms with E-state index in [1.54, 1.807) is 18.2 Å². The van der Waals surface area contributed by atoms with Gasteiger partial charge in [-0.3, -0.25) is 4.79 Å². The number of hydrogen-bond donors (Lipinski definition) is 2. The van der Waals surface area contributed by atoms with Crippen molar-refractivity contribution in [3.63, 3.8) is 0 Å². The zero-order valence-electron chi connectivity index (χ0n) is 10.8. The first kappa shape index (κ1) is 14.3. The Kier molecular flexibility index (Phi) is 3.99. The van der Waals surface area contributed by atoms with Crippen LogP contribution in [0.4, 0.5) is 0 Å². The van der Waals surface area contributed by atoms with Crippen molar-refractivity contribution in [2.75, 3.05) is 0 Å². The van der Waals surface area contributed by atoms with Gasteiger partial charge in [-0.2, -0.15) is 0 Å². The average molecular weight is 285 g/mol. The van der Waals surface area contributed by atoms with Crippen molar-refractivity contribution in [3.8, 4) is 17.2 Å². The molecule has 0 unspecified atom stereocenters. The van der Waals surface area contributed by atoms with Gasteiger partial charge < -0.3 is 14.6 Å². The van der Waals surface area contributed by atoms with E-state index in [1.165, 1.54) is 18.2 Å². The molecule has 1 heterocycles. The first-order valence-corrected chi connectivity index (χ1v) is 5.88. The van der Waals surface area contributed by atoms with Gasteiger partial charge in [-0.25, -0.2) is 9.78 Å². The van der Waals surface area contributed by atoms with Gasteiger partial charge in [0, 0.05) is 18.2 Å². The summed E-state index contributed by atoms with van der Waals surface area (Å²) < 4.78 is 5.49. The summed E-state index contributed by atoms with van der Waals surface area (Å²) in [4.78, 5) is 24.7. The summed E-state index contributed by atoms with van der Waals surface area (Å²) in [6.07, 6.45) is 0.833. The minimum atomic E-state index is -0.981. The monoisotopic (exact) mass is 285 g/mol. The topological polar surface area (TPSA) is 101 Å². The Morgan fingerprint density at radius 1 is 1.24 bits per heavy atom. The van der Waals surface area contributed by atoms with Crippen molar-refractivity contribution in [2.24, 2.45) is 0 Å². The maximum atomic E-state index is 11.1. The van der Waals surface area contributed by atoms with Crippen LogP contribution in [0.15, 0.2) is 58.3 Å². The summed E-state index contributed by atoms with van der Waals surface area (Å²) in [5, 5.41) is 16.9. The van der Waals surface area contributed by atoms with Crippen LogP contribution in [0.2, 0.25) is 0 Å². The molecule has 0 bridgehead atoms. The van der Waals surface area contributed by atoms with Gasteiger partial charge in [0.15, 0.2) is 16.8 Å². The van der Waals surface area contributed by atoms with E-state index in [1.807, 2.05) is 0 Å². The third-order valence-electron chi connectivity index (χ3n) is 2.51. The molecule has 21 heavy (non-hydrogen) atoms. The Balaban J connectivity index is 0.000000282. The molecule has 3 rings (SSSR count). The number of hydrogen-bond acceptors (Lipinski definition) is 5. The van der Waals surface area contributed by atoms with Gasteiger partial charge in [0.25, 0.3) is 0 Å². The summed E-state index contributed by atoms with van der Waals surface area (Å²) in [7, 11) is 0. The largest absolute Gasteiger partial charge is 0.508 e. The number of aliphatic carboxylic acids is 1. The molecule has 106 valence electrons. The van der Waals surface area contributed by atoms with Crippen LogP contribution in [-0.4, -0.2) is 21.2 Å². The predicted octanol–water partition coefficient (Wildman–Crippen LogP) is 2.26. The van der Waals surface area contributed by atoms with Gasteiger partial charge in [-0.1, -0.05) is 6.58 Å². The number of fused-ring (bicyclic) bond motifs is 2. The maximum absolute atomic E-state index is 11.1. The Bertz CT molecular complexity index is 837. The summed E-state index contributed by atoms with van der Waals surface area (Å²) >= 11 is 0. The van der Waals surface area contributed by atoms with Crippen LogP contribution in [0.25, 0.3) is 22.6 Å². The van der Waals surface area contributed by atoms with Gasteiger partial charge >= 0.3 is 5.97 Å². The number of phenols is 1. The summed E-state index contributed by atoms with van der Waals surface area (Å²) in [5.74, 6) is -0.453. The fourth-order valence-electron chi connectivity index (χ4n) is 1.59. The molecule has 1 aliphatic heterocycles. The summed E-state index contributed by atoms with van der Waals surface area (Å²) in [6, 6.07) is 9.12. The number of aromatic hydroxyl groups is 1. The third kappa shape index (κ3) is 3.44. The van der Waals surface area contributed by atoms with Crippen LogP contribution in [0.1, 0.15) is 0 Å². The quantitative estimate of drug-likeness (QED) is 0.525. The average Bonchev–Trinajstić information content (AvgIpc) is 2.45. The van der Waals surface area contributed by atoms with Crippen LogP contribution < -0.4 is 5.43 Å². The first-order chi connectivity index (χ1) is 9.99. The second-order valence-corrected chi connectivity index (χ2v) is 4.04. The fourth-order valence-corrected chi connectivity index (χ4v) is 1.59. The second kappa shape index (κ2) is 5.87. The summed E-state index contributed by atoms with van der Waals surface area (Å²) in [5.41, 5.74) is 1.59. The number of nitrogens with zero attached hydrogens (tertiary/aromatic N) is 1. The minimum absolute atomic E-state index is 0.107. The van der Waals surface area contributed by atoms with Crippen molar-refractivity contribution in [2.45, 2.75) is 0 Å². The lowest BCUT2D eigenvalue weighted by atomic mass is 10.2. The first-order valence-electron chi connectivity index (χ1n) is 5.88. The highest BCUT2D eigenvalue weighted by Gasteiger charge is 2.09. The molecular weight excluding hydrogens is 274 g/mol. The number of aromatic nitrogens is 1. The molecule has 1 aromatic rings. The van der Waals surface area contributed by atoms with Crippen molar-refractivity contribution in [3.05, 3.63) is 59.3 Å². The molecule has 0 radical (unpaired) electrons. The number of phenolic OH excluding ortho intramolecular Hbond substituents is 1. The number of rotatable bonds is 1. The van der Waals surface area contributed by atoms with Crippen molar-refractivity contribution in [1.29, 1.82) is 0 Å². The van der Waals surface area contributed by atoms with E-state index in [4.69, 9.17) is 9.52 Å². The van der Waals surface area contributed by atoms with E-state index >= 15 is 0 Å². The Labute approximate surface area is 118 Å². The zero-order chi connectivity index (χ0) is 15.4. The van der Waals surface area contributed by atoms with Crippen molar-refractivity contribution in [1.82, 2.24) is 4.98 Å². The molecule has 0 saturated carbocycles. The molecule has 0 amide bonds. The molecule has 0 saturated heterocycles. The molecule has 2 aliphatic rings. The van der Waals surface area contributed by atoms with Crippen molar-refractivity contribution >= 4 is 17.1 Å². The van der Waals surface area contributed by atoms with Gasteiger partial charge in [0.2, 0.25) is 0 Å². The summed E-state index contributed by atoms with van der Waals surface area (Å²) in [6.45, 7) is 2.96. The van der Waals surface area contributed by atoms with E-state index in [9.17, 15) is 14.7 Å². The van der Waals surface area contributed by atoms with Gasteiger partial charge in [-0.05, 0) is 24.3 Å². The lowest BCUT2D eigenvalue weighted by molar-refractivity contribution is -0.131. The second-order valence-electron chi connectivity index (χ2n) is 4.04. The highest BCUT2D eigenvalue weighted by atomic mass is 16.4. The number of carboxylic acid groups (broad SMARTS) is 1. The van der Waals surface area contributed by atoms with Crippen LogP contribution in [0, 0.1) is 0 Å². The smallest absolute Gasteiger partial charge is 0.327 e. The van der Waals surface area contributed by atoms with E-state index in [-0.39, 0.29) is 11.2 Å². The Morgan fingerprint density at radius 3 is 2.62 bits per heavy atom. The van der Waals surface area contributed by atoms with E-state index in [2.05, 4.69) is 11.6 Å². The van der Waals surface area contributed by atoms with Gasteiger partial charge in [0.05, 0.1) is 0 Å². The highest BCUT2D eigenvalue weighted by Crippen LogP contribution is 2.25. The van der Waals surface area contributed by atoms with Crippen LogP contribution in [0.5, 0.6) is 5.75 Å². The van der Waals surface area contributed by atoms with Gasteiger partial charge in [-0.15, -0.1) is 0 Å². The van der Waals surface area contributed by atoms with Gasteiger partial charge in [0.1, 0.15) is 17.0 Å². The lowest BCUT2D eigenvalue weighted by Gasteiger charge is -2.05. The molecule has 1 aliphatic carbocycles. The molecule has 6 nitrogen and oxygen atoms in total. The van der Waals surface area contributed by atoms with Crippen LogP contribution in [-0.2, 0) is 4.79 Å². The Hall–Kier alpha value is -3.15. The van der Waals surface area contributed by atoms with Crippen LogP contribution in [0.3, 0.4) is 0 Å². The number of carboxylic acids is 1. The molecule has 6 heteroatoms. The molecular formula is C15H11NO5. The zero-order valence-corrected chi connectivity index (χ0v) is 10.8. The molecule has 1 aromatic carbocycles. The molecule has 0 atom stereocenters.